The van der Waals surface area contributed by atoms with E-state index in [1.807, 2.05) is 13.0 Å². The van der Waals surface area contributed by atoms with Crippen molar-refractivity contribution in [3.05, 3.63) is 33.8 Å². The highest BCUT2D eigenvalue weighted by Crippen LogP contribution is 2.30. The Morgan fingerprint density at radius 2 is 1.94 bits per heavy atom. The van der Waals surface area contributed by atoms with Gasteiger partial charge in [0, 0.05) is 12.5 Å². The molecule has 0 radical (unpaired) electrons. The molecule has 0 heterocycles. The van der Waals surface area contributed by atoms with Crippen LogP contribution >= 0.6 is 23.2 Å². The second kappa shape index (κ2) is 6.60. The van der Waals surface area contributed by atoms with E-state index in [1.54, 1.807) is 12.1 Å². The Hall–Kier alpha value is -0.280. The monoisotopic (exact) mass is 275 g/mol. The van der Waals surface area contributed by atoms with Crippen LogP contribution in [-0.4, -0.2) is 17.8 Å². The van der Waals surface area contributed by atoms with Crippen LogP contribution in [0, 0.1) is 5.92 Å². The molecule has 3 unspecified atom stereocenters. The molecule has 0 aliphatic heterocycles. The lowest BCUT2D eigenvalue weighted by Crippen LogP contribution is -2.31. The third-order valence-electron chi connectivity index (χ3n) is 3.26. The predicted octanol–water partition coefficient (Wildman–Crippen LogP) is 3.44. The standard InChI is InChI=1S/C13H19Cl2NO/c1-3-8(2)13(17)10(7-16)9-4-5-11(14)12(15)6-9/h4-6,8,10,13,17H,3,7,16H2,1-2H3. The molecular formula is C13H19Cl2NO. The van der Waals surface area contributed by atoms with E-state index in [9.17, 15) is 5.11 Å². The van der Waals surface area contributed by atoms with Gasteiger partial charge < -0.3 is 10.8 Å². The SMILES string of the molecule is CCC(C)C(O)C(CN)c1ccc(Cl)c(Cl)c1. The van der Waals surface area contributed by atoms with Crippen molar-refractivity contribution in [2.75, 3.05) is 6.54 Å². The largest absolute Gasteiger partial charge is 0.392 e. The van der Waals surface area contributed by atoms with Gasteiger partial charge in [-0.15, -0.1) is 0 Å². The van der Waals surface area contributed by atoms with Crippen LogP contribution in [0.15, 0.2) is 18.2 Å². The molecule has 0 aliphatic rings. The molecule has 1 rings (SSSR count). The second-order valence-corrected chi connectivity index (χ2v) is 5.21. The fourth-order valence-electron chi connectivity index (χ4n) is 1.85. The van der Waals surface area contributed by atoms with Crippen molar-refractivity contribution in [2.45, 2.75) is 32.3 Å². The van der Waals surface area contributed by atoms with E-state index in [2.05, 4.69) is 6.92 Å². The van der Waals surface area contributed by atoms with E-state index in [4.69, 9.17) is 28.9 Å². The van der Waals surface area contributed by atoms with Crippen molar-refractivity contribution < 1.29 is 5.11 Å². The Labute approximate surface area is 113 Å². The van der Waals surface area contributed by atoms with Gasteiger partial charge in [0.2, 0.25) is 0 Å². The summed E-state index contributed by atoms with van der Waals surface area (Å²) in [7, 11) is 0. The van der Waals surface area contributed by atoms with Gasteiger partial charge in [0.1, 0.15) is 0 Å². The highest BCUT2D eigenvalue weighted by atomic mass is 35.5. The van der Waals surface area contributed by atoms with Crippen molar-refractivity contribution in [1.82, 2.24) is 0 Å². The van der Waals surface area contributed by atoms with Gasteiger partial charge in [-0.05, 0) is 23.6 Å². The lowest BCUT2D eigenvalue weighted by atomic mass is 9.85. The smallest absolute Gasteiger partial charge is 0.0646 e. The van der Waals surface area contributed by atoms with E-state index in [0.717, 1.165) is 12.0 Å². The van der Waals surface area contributed by atoms with Crippen LogP contribution in [0.5, 0.6) is 0 Å². The molecule has 1 aromatic carbocycles. The Kier molecular flexibility index (Phi) is 5.74. The minimum Gasteiger partial charge on any atom is -0.392 e. The summed E-state index contributed by atoms with van der Waals surface area (Å²) in [5, 5.41) is 11.3. The summed E-state index contributed by atoms with van der Waals surface area (Å²) in [5.74, 6) is 0.109. The quantitative estimate of drug-likeness (QED) is 0.865. The number of hydrogen-bond acceptors (Lipinski definition) is 2. The normalized spacial score (nSPS) is 16.6. The van der Waals surface area contributed by atoms with E-state index >= 15 is 0 Å². The molecule has 0 amide bonds. The first kappa shape index (κ1) is 14.8. The summed E-state index contributed by atoms with van der Waals surface area (Å²) in [6.07, 6.45) is 0.459. The predicted molar refractivity (Wildman–Crippen MR) is 73.7 cm³/mol. The molecule has 3 N–H and O–H groups in total. The fourth-order valence-corrected chi connectivity index (χ4v) is 2.16. The van der Waals surface area contributed by atoms with E-state index in [1.165, 1.54) is 0 Å². The Bertz CT molecular complexity index is 370. The highest BCUT2D eigenvalue weighted by Gasteiger charge is 2.24. The minimum atomic E-state index is -0.456. The van der Waals surface area contributed by atoms with Crippen molar-refractivity contribution >= 4 is 23.2 Å². The first-order chi connectivity index (χ1) is 8.01. The molecule has 0 saturated carbocycles. The minimum absolute atomic E-state index is 0.0975. The fraction of sp³-hybridized carbons (Fsp3) is 0.538. The summed E-state index contributed by atoms with van der Waals surface area (Å²) in [6.45, 7) is 4.46. The number of nitrogens with two attached hydrogens (primary N) is 1. The first-order valence-corrected chi connectivity index (χ1v) is 6.59. The molecule has 0 fully saturated rings. The number of rotatable bonds is 5. The van der Waals surface area contributed by atoms with Gasteiger partial charge in [0.15, 0.2) is 0 Å². The Balaban J connectivity index is 2.97. The number of halogens is 2. The summed E-state index contributed by atoms with van der Waals surface area (Å²) in [4.78, 5) is 0. The van der Waals surface area contributed by atoms with Crippen LogP contribution < -0.4 is 5.73 Å². The third-order valence-corrected chi connectivity index (χ3v) is 4.00. The van der Waals surface area contributed by atoms with Gasteiger partial charge in [-0.2, -0.15) is 0 Å². The maximum absolute atomic E-state index is 10.2. The van der Waals surface area contributed by atoms with Gasteiger partial charge in [0.05, 0.1) is 16.1 Å². The van der Waals surface area contributed by atoms with Crippen LogP contribution in [0.4, 0.5) is 0 Å². The van der Waals surface area contributed by atoms with Gasteiger partial charge in [-0.3, -0.25) is 0 Å². The first-order valence-electron chi connectivity index (χ1n) is 5.84. The molecule has 4 heteroatoms. The van der Waals surface area contributed by atoms with E-state index in [0.29, 0.717) is 16.6 Å². The third kappa shape index (κ3) is 3.59. The molecule has 0 aromatic heterocycles. The van der Waals surface area contributed by atoms with Gasteiger partial charge in [-0.25, -0.2) is 0 Å². The summed E-state index contributed by atoms with van der Waals surface area (Å²) in [5.41, 5.74) is 6.69. The maximum atomic E-state index is 10.2. The second-order valence-electron chi connectivity index (χ2n) is 4.39. The van der Waals surface area contributed by atoms with Gasteiger partial charge >= 0.3 is 0 Å². The molecule has 17 heavy (non-hydrogen) atoms. The molecule has 96 valence electrons. The Morgan fingerprint density at radius 3 is 2.41 bits per heavy atom. The van der Waals surface area contributed by atoms with Crippen molar-refractivity contribution in [2.24, 2.45) is 11.7 Å². The number of aliphatic hydroxyl groups is 1. The molecule has 3 atom stereocenters. The topological polar surface area (TPSA) is 46.2 Å². The van der Waals surface area contributed by atoms with Crippen LogP contribution in [0.25, 0.3) is 0 Å². The van der Waals surface area contributed by atoms with Crippen molar-refractivity contribution in [3.63, 3.8) is 0 Å². The molecular weight excluding hydrogens is 257 g/mol. The summed E-state index contributed by atoms with van der Waals surface area (Å²) >= 11 is 11.9. The molecule has 0 bridgehead atoms. The lowest BCUT2D eigenvalue weighted by Gasteiger charge is -2.26. The summed E-state index contributed by atoms with van der Waals surface area (Å²) < 4.78 is 0. The lowest BCUT2D eigenvalue weighted by molar-refractivity contribution is 0.0886. The number of aliphatic hydroxyl groups excluding tert-OH is 1. The van der Waals surface area contributed by atoms with Crippen LogP contribution in [0.1, 0.15) is 31.7 Å². The van der Waals surface area contributed by atoms with Crippen molar-refractivity contribution in [1.29, 1.82) is 0 Å². The number of benzene rings is 1. The molecule has 0 spiro atoms. The zero-order valence-corrected chi connectivity index (χ0v) is 11.7. The Morgan fingerprint density at radius 1 is 1.29 bits per heavy atom. The van der Waals surface area contributed by atoms with E-state index in [-0.39, 0.29) is 11.8 Å². The van der Waals surface area contributed by atoms with Gasteiger partial charge in [-0.1, -0.05) is 49.5 Å². The van der Waals surface area contributed by atoms with Crippen molar-refractivity contribution in [3.8, 4) is 0 Å². The van der Waals surface area contributed by atoms with Crippen LogP contribution in [-0.2, 0) is 0 Å². The average Bonchev–Trinajstić information content (AvgIpc) is 2.33. The van der Waals surface area contributed by atoms with E-state index < -0.39 is 6.10 Å². The zero-order chi connectivity index (χ0) is 13.0. The average molecular weight is 276 g/mol. The zero-order valence-electron chi connectivity index (χ0n) is 10.2. The molecule has 0 aliphatic carbocycles. The van der Waals surface area contributed by atoms with Crippen LogP contribution in [0.2, 0.25) is 10.0 Å². The summed E-state index contributed by atoms with van der Waals surface area (Å²) in [6, 6.07) is 5.40. The highest BCUT2D eigenvalue weighted by molar-refractivity contribution is 6.42. The molecule has 1 aromatic rings. The molecule has 2 nitrogen and oxygen atoms in total. The number of hydrogen-bond donors (Lipinski definition) is 2. The van der Waals surface area contributed by atoms with Crippen LogP contribution in [0.3, 0.4) is 0 Å². The molecule has 0 saturated heterocycles. The maximum Gasteiger partial charge on any atom is 0.0646 e. The van der Waals surface area contributed by atoms with Gasteiger partial charge in [0.25, 0.3) is 0 Å².